The number of nitrogens with two attached hydrogens (primary N) is 1. The zero-order chi connectivity index (χ0) is 16.0. The third-order valence-electron chi connectivity index (χ3n) is 3.56. The van der Waals surface area contributed by atoms with E-state index in [1.165, 1.54) is 0 Å². The average molecular weight is 298 g/mol. The van der Waals surface area contributed by atoms with Crippen molar-refractivity contribution in [1.82, 2.24) is 0 Å². The maximum atomic E-state index is 12.5. The Bertz CT molecular complexity index is 607. The van der Waals surface area contributed by atoms with E-state index in [2.05, 4.69) is 5.32 Å². The predicted molar refractivity (Wildman–Crippen MR) is 89.1 cm³/mol. The van der Waals surface area contributed by atoms with Crippen molar-refractivity contribution in [2.75, 3.05) is 18.5 Å². The van der Waals surface area contributed by atoms with Gasteiger partial charge in [0, 0.05) is 12.2 Å². The molecule has 2 aromatic rings. The van der Waals surface area contributed by atoms with Crippen molar-refractivity contribution in [3.8, 4) is 5.75 Å². The number of carbonyl (C=O) groups excluding carboxylic acids is 1. The molecule has 0 aliphatic rings. The van der Waals surface area contributed by atoms with E-state index < -0.39 is 5.41 Å². The number of hydrogen-bond donors (Lipinski definition) is 2. The van der Waals surface area contributed by atoms with Crippen LogP contribution in [0.15, 0.2) is 54.6 Å². The van der Waals surface area contributed by atoms with Gasteiger partial charge in [-0.3, -0.25) is 4.79 Å². The minimum Gasteiger partial charge on any atom is -0.492 e. The van der Waals surface area contributed by atoms with Crippen LogP contribution in [-0.2, 0) is 10.2 Å². The molecule has 0 aliphatic heterocycles. The van der Waals surface area contributed by atoms with Crippen LogP contribution in [0, 0.1) is 0 Å². The van der Waals surface area contributed by atoms with Crippen LogP contribution in [0.1, 0.15) is 19.4 Å². The molecule has 3 N–H and O–H groups in total. The van der Waals surface area contributed by atoms with Gasteiger partial charge in [-0.1, -0.05) is 30.3 Å². The summed E-state index contributed by atoms with van der Waals surface area (Å²) >= 11 is 0. The molecule has 116 valence electrons. The molecule has 0 aliphatic carbocycles. The van der Waals surface area contributed by atoms with Gasteiger partial charge in [-0.25, -0.2) is 0 Å². The molecule has 2 rings (SSSR count). The van der Waals surface area contributed by atoms with Gasteiger partial charge in [0.2, 0.25) is 5.91 Å². The minimum atomic E-state index is -0.601. The SMILES string of the molecule is CC(C)(C(=O)Nc1ccc(OCCN)cc1)c1ccccc1. The van der Waals surface area contributed by atoms with Crippen LogP contribution in [-0.4, -0.2) is 19.1 Å². The van der Waals surface area contributed by atoms with Crippen LogP contribution >= 0.6 is 0 Å². The molecule has 1 amide bonds. The van der Waals surface area contributed by atoms with Gasteiger partial charge in [0.05, 0.1) is 5.41 Å². The number of amides is 1. The van der Waals surface area contributed by atoms with Gasteiger partial charge >= 0.3 is 0 Å². The van der Waals surface area contributed by atoms with E-state index in [0.717, 1.165) is 17.0 Å². The van der Waals surface area contributed by atoms with Gasteiger partial charge in [-0.2, -0.15) is 0 Å². The van der Waals surface area contributed by atoms with E-state index in [4.69, 9.17) is 10.5 Å². The lowest BCUT2D eigenvalue weighted by molar-refractivity contribution is -0.120. The molecule has 0 heterocycles. The summed E-state index contributed by atoms with van der Waals surface area (Å²) < 4.78 is 5.41. The molecule has 22 heavy (non-hydrogen) atoms. The molecule has 0 aromatic heterocycles. The zero-order valence-corrected chi connectivity index (χ0v) is 13.0. The van der Waals surface area contributed by atoms with Crippen molar-refractivity contribution in [2.24, 2.45) is 5.73 Å². The predicted octanol–water partition coefficient (Wildman–Crippen LogP) is 2.94. The Hall–Kier alpha value is -2.33. The van der Waals surface area contributed by atoms with Gasteiger partial charge in [-0.05, 0) is 43.7 Å². The van der Waals surface area contributed by atoms with Crippen LogP contribution in [0.5, 0.6) is 5.75 Å². The topological polar surface area (TPSA) is 64.3 Å². The number of benzene rings is 2. The maximum absolute atomic E-state index is 12.5. The lowest BCUT2D eigenvalue weighted by Crippen LogP contribution is -2.34. The summed E-state index contributed by atoms with van der Waals surface area (Å²) in [7, 11) is 0. The number of rotatable bonds is 6. The molecular formula is C18H22N2O2. The molecule has 4 nitrogen and oxygen atoms in total. The Morgan fingerprint density at radius 1 is 1.09 bits per heavy atom. The first-order valence-corrected chi connectivity index (χ1v) is 7.34. The zero-order valence-electron chi connectivity index (χ0n) is 13.0. The summed E-state index contributed by atoms with van der Waals surface area (Å²) in [5, 5.41) is 2.94. The Labute approximate surface area is 131 Å². The van der Waals surface area contributed by atoms with Crippen LogP contribution in [0.2, 0.25) is 0 Å². The molecule has 0 fully saturated rings. The van der Waals surface area contributed by atoms with Gasteiger partial charge in [0.25, 0.3) is 0 Å². The highest BCUT2D eigenvalue weighted by molar-refractivity contribution is 5.98. The normalized spacial score (nSPS) is 11.0. The van der Waals surface area contributed by atoms with Crippen molar-refractivity contribution in [1.29, 1.82) is 0 Å². The van der Waals surface area contributed by atoms with E-state index >= 15 is 0 Å². The van der Waals surface area contributed by atoms with E-state index in [1.807, 2.05) is 68.4 Å². The van der Waals surface area contributed by atoms with Crippen LogP contribution in [0.3, 0.4) is 0 Å². The molecule has 0 bridgehead atoms. The molecule has 0 saturated heterocycles. The summed E-state index contributed by atoms with van der Waals surface area (Å²) in [5.74, 6) is 0.695. The number of carbonyl (C=O) groups is 1. The summed E-state index contributed by atoms with van der Waals surface area (Å²) in [6.07, 6.45) is 0. The fourth-order valence-electron chi connectivity index (χ4n) is 2.08. The first kappa shape index (κ1) is 16.0. The molecule has 2 aromatic carbocycles. The maximum Gasteiger partial charge on any atom is 0.234 e. The average Bonchev–Trinajstić information content (AvgIpc) is 2.55. The smallest absolute Gasteiger partial charge is 0.234 e. The van der Waals surface area contributed by atoms with Crippen LogP contribution < -0.4 is 15.8 Å². The standard InChI is InChI=1S/C18H22N2O2/c1-18(2,14-6-4-3-5-7-14)17(21)20-15-8-10-16(11-9-15)22-13-12-19/h3-11H,12-13,19H2,1-2H3,(H,20,21). The van der Waals surface area contributed by atoms with Gasteiger partial charge in [-0.15, -0.1) is 0 Å². The molecule has 0 saturated carbocycles. The second kappa shape index (κ2) is 7.09. The highest BCUT2D eigenvalue weighted by atomic mass is 16.5. The monoisotopic (exact) mass is 298 g/mol. The van der Waals surface area contributed by atoms with E-state index in [9.17, 15) is 4.79 Å². The first-order chi connectivity index (χ1) is 10.5. The fourth-order valence-corrected chi connectivity index (χ4v) is 2.08. The lowest BCUT2D eigenvalue weighted by atomic mass is 9.83. The quantitative estimate of drug-likeness (QED) is 0.862. The third-order valence-corrected chi connectivity index (χ3v) is 3.56. The second-order valence-corrected chi connectivity index (χ2v) is 5.61. The Balaban J connectivity index is 2.05. The summed E-state index contributed by atoms with van der Waals surface area (Å²) in [4.78, 5) is 12.5. The van der Waals surface area contributed by atoms with Crippen LogP contribution in [0.25, 0.3) is 0 Å². The van der Waals surface area contributed by atoms with Crippen molar-refractivity contribution in [3.05, 3.63) is 60.2 Å². The van der Waals surface area contributed by atoms with Crippen LogP contribution in [0.4, 0.5) is 5.69 Å². The number of nitrogens with one attached hydrogen (secondary N) is 1. The van der Waals surface area contributed by atoms with E-state index in [0.29, 0.717) is 13.2 Å². The molecule has 0 atom stereocenters. The van der Waals surface area contributed by atoms with Crippen molar-refractivity contribution < 1.29 is 9.53 Å². The van der Waals surface area contributed by atoms with Crippen molar-refractivity contribution in [2.45, 2.75) is 19.3 Å². The fraction of sp³-hybridized carbons (Fsp3) is 0.278. The van der Waals surface area contributed by atoms with Crippen molar-refractivity contribution >= 4 is 11.6 Å². The molecular weight excluding hydrogens is 276 g/mol. The lowest BCUT2D eigenvalue weighted by Gasteiger charge is -2.24. The van der Waals surface area contributed by atoms with Gasteiger partial charge in [0.1, 0.15) is 12.4 Å². The molecule has 0 spiro atoms. The summed E-state index contributed by atoms with van der Waals surface area (Å²) in [5.41, 5.74) is 6.52. The van der Waals surface area contributed by atoms with Gasteiger partial charge in [0.15, 0.2) is 0 Å². The highest BCUT2D eigenvalue weighted by Crippen LogP contribution is 2.25. The molecule has 0 unspecified atom stereocenters. The highest BCUT2D eigenvalue weighted by Gasteiger charge is 2.29. The second-order valence-electron chi connectivity index (χ2n) is 5.61. The first-order valence-electron chi connectivity index (χ1n) is 7.34. The minimum absolute atomic E-state index is 0.0469. The van der Waals surface area contributed by atoms with Gasteiger partial charge < -0.3 is 15.8 Å². The number of anilines is 1. The van der Waals surface area contributed by atoms with Crippen molar-refractivity contribution in [3.63, 3.8) is 0 Å². The Kier molecular flexibility index (Phi) is 5.17. The molecule has 4 heteroatoms. The summed E-state index contributed by atoms with van der Waals surface area (Å²) in [6, 6.07) is 17.0. The summed E-state index contributed by atoms with van der Waals surface area (Å²) in [6.45, 7) is 4.78. The largest absolute Gasteiger partial charge is 0.492 e. The number of ether oxygens (including phenoxy) is 1. The third kappa shape index (κ3) is 3.86. The number of hydrogen-bond acceptors (Lipinski definition) is 3. The Morgan fingerprint density at radius 2 is 1.73 bits per heavy atom. The molecule has 0 radical (unpaired) electrons. The van der Waals surface area contributed by atoms with E-state index in [-0.39, 0.29) is 5.91 Å². The Morgan fingerprint density at radius 3 is 2.32 bits per heavy atom. The van der Waals surface area contributed by atoms with E-state index in [1.54, 1.807) is 0 Å².